The molecule has 100 valence electrons. The van der Waals surface area contributed by atoms with Gasteiger partial charge in [0.25, 0.3) is 0 Å². The summed E-state index contributed by atoms with van der Waals surface area (Å²) in [5.41, 5.74) is 0.681. The molecule has 0 aromatic carbocycles. The Morgan fingerprint density at radius 1 is 0.941 bits per heavy atom. The van der Waals surface area contributed by atoms with Crippen LogP contribution in [0.5, 0.6) is 0 Å². The van der Waals surface area contributed by atoms with Gasteiger partial charge in [0, 0.05) is 19.1 Å². The summed E-state index contributed by atoms with van der Waals surface area (Å²) in [6, 6.07) is 0.737. The van der Waals surface area contributed by atoms with Crippen molar-refractivity contribution in [1.29, 1.82) is 0 Å². The molecule has 0 saturated carbocycles. The highest BCUT2D eigenvalue weighted by Crippen LogP contribution is 2.40. The van der Waals surface area contributed by atoms with Crippen molar-refractivity contribution in [2.45, 2.75) is 53.0 Å². The van der Waals surface area contributed by atoms with Gasteiger partial charge in [-0.15, -0.1) is 0 Å². The first-order valence-electron chi connectivity index (χ1n) is 7.47. The van der Waals surface area contributed by atoms with E-state index in [0.717, 1.165) is 12.0 Å². The summed E-state index contributed by atoms with van der Waals surface area (Å²) in [6.07, 6.45) is 4.31. The lowest BCUT2D eigenvalue weighted by Crippen LogP contribution is -2.44. The van der Waals surface area contributed by atoms with Crippen molar-refractivity contribution in [3.05, 3.63) is 0 Å². The minimum absolute atomic E-state index is 0.681. The van der Waals surface area contributed by atoms with Crippen LogP contribution in [-0.4, -0.2) is 48.6 Å². The van der Waals surface area contributed by atoms with Gasteiger partial charge in [0.15, 0.2) is 0 Å². The van der Waals surface area contributed by atoms with Crippen LogP contribution in [-0.2, 0) is 0 Å². The summed E-state index contributed by atoms with van der Waals surface area (Å²) < 4.78 is 0. The molecule has 0 atom stereocenters. The molecule has 2 aliphatic rings. The number of piperidine rings is 1. The predicted octanol–water partition coefficient (Wildman–Crippen LogP) is 2.84. The number of likely N-dealkylation sites (tertiary alicyclic amines) is 2. The summed E-state index contributed by atoms with van der Waals surface area (Å²) in [5, 5.41) is 0. The molecule has 2 nitrogen and oxygen atoms in total. The van der Waals surface area contributed by atoms with Crippen molar-refractivity contribution in [1.82, 2.24) is 9.80 Å². The Hall–Kier alpha value is -0.0800. The van der Waals surface area contributed by atoms with Gasteiger partial charge >= 0.3 is 0 Å². The van der Waals surface area contributed by atoms with E-state index in [0.29, 0.717) is 5.41 Å². The fourth-order valence-electron chi connectivity index (χ4n) is 3.62. The molecule has 2 aliphatic heterocycles. The molecular formula is C15H30N2. The fourth-order valence-corrected chi connectivity index (χ4v) is 3.62. The lowest BCUT2D eigenvalue weighted by Gasteiger charge is -2.41. The van der Waals surface area contributed by atoms with E-state index in [-0.39, 0.29) is 0 Å². The van der Waals surface area contributed by atoms with Crippen LogP contribution in [0.25, 0.3) is 0 Å². The van der Waals surface area contributed by atoms with Gasteiger partial charge in [0.1, 0.15) is 0 Å². The summed E-state index contributed by atoms with van der Waals surface area (Å²) in [7, 11) is 0. The maximum Gasteiger partial charge on any atom is 0.00395 e. The third-order valence-electron chi connectivity index (χ3n) is 4.73. The van der Waals surface area contributed by atoms with Gasteiger partial charge in [-0.05, 0) is 64.1 Å². The monoisotopic (exact) mass is 238 g/mol. The number of rotatable bonds is 3. The predicted molar refractivity (Wildman–Crippen MR) is 74.3 cm³/mol. The van der Waals surface area contributed by atoms with E-state index in [1.165, 1.54) is 52.0 Å². The third kappa shape index (κ3) is 3.23. The molecule has 0 bridgehead atoms. The molecule has 17 heavy (non-hydrogen) atoms. The van der Waals surface area contributed by atoms with Gasteiger partial charge in [-0.25, -0.2) is 0 Å². The molecule has 2 heteroatoms. The Morgan fingerprint density at radius 3 is 2.06 bits per heavy atom. The minimum atomic E-state index is 0.681. The maximum atomic E-state index is 2.70. The largest absolute Gasteiger partial charge is 0.303 e. The first kappa shape index (κ1) is 13.4. The fraction of sp³-hybridized carbons (Fsp3) is 1.00. The van der Waals surface area contributed by atoms with Crippen molar-refractivity contribution in [3.63, 3.8) is 0 Å². The quantitative estimate of drug-likeness (QED) is 0.746. The molecule has 0 unspecified atom stereocenters. The highest BCUT2D eigenvalue weighted by Gasteiger charge is 2.40. The van der Waals surface area contributed by atoms with Crippen molar-refractivity contribution in [2.75, 3.05) is 32.7 Å². The van der Waals surface area contributed by atoms with Crippen molar-refractivity contribution >= 4 is 0 Å². The Labute approximate surface area is 107 Å². The normalized spacial score (nSPS) is 26.5. The molecular weight excluding hydrogens is 208 g/mol. The number of hydrogen-bond acceptors (Lipinski definition) is 2. The average Bonchev–Trinajstić information content (AvgIpc) is 2.61. The van der Waals surface area contributed by atoms with E-state index in [1.54, 1.807) is 0 Å². The average molecular weight is 238 g/mol. The summed E-state index contributed by atoms with van der Waals surface area (Å²) in [5.74, 6) is 0.820. The van der Waals surface area contributed by atoms with Gasteiger partial charge in [0.05, 0.1) is 0 Å². The summed E-state index contributed by atoms with van der Waals surface area (Å²) in [6.45, 7) is 16.0. The van der Waals surface area contributed by atoms with Gasteiger partial charge < -0.3 is 9.80 Å². The smallest absolute Gasteiger partial charge is 0.00395 e. The Kier molecular flexibility index (Phi) is 4.14. The van der Waals surface area contributed by atoms with Crippen LogP contribution in [0.15, 0.2) is 0 Å². The molecule has 0 N–H and O–H groups in total. The second-order valence-electron chi connectivity index (χ2n) is 7.01. The molecule has 2 fully saturated rings. The van der Waals surface area contributed by atoms with Crippen molar-refractivity contribution in [2.24, 2.45) is 11.3 Å². The van der Waals surface area contributed by atoms with E-state index in [1.807, 2.05) is 0 Å². The standard InChI is InChI=1S/C15H30N2/c1-13(2)11-16-8-5-15(12-16)6-9-17(10-7-15)14(3)4/h13-14H,5-12H2,1-4H3. The zero-order valence-corrected chi connectivity index (χ0v) is 12.2. The summed E-state index contributed by atoms with van der Waals surface area (Å²) >= 11 is 0. The first-order chi connectivity index (χ1) is 8.01. The van der Waals surface area contributed by atoms with Crippen LogP contribution < -0.4 is 0 Å². The molecule has 0 aromatic heterocycles. The summed E-state index contributed by atoms with van der Waals surface area (Å²) in [4.78, 5) is 5.35. The second-order valence-corrected chi connectivity index (χ2v) is 7.01. The topological polar surface area (TPSA) is 6.48 Å². The van der Waals surface area contributed by atoms with Crippen LogP contribution in [0.2, 0.25) is 0 Å². The van der Waals surface area contributed by atoms with Crippen LogP contribution in [0.4, 0.5) is 0 Å². The van der Waals surface area contributed by atoms with Gasteiger partial charge in [-0.3, -0.25) is 0 Å². The van der Waals surface area contributed by atoms with Crippen molar-refractivity contribution in [3.8, 4) is 0 Å². The molecule has 1 spiro atoms. The molecule has 2 rings (SSSR count). The molecule has 2 heterocycles. The van der Waals surface area contributed by atoms with Gasteiger partial charge in [0.2, 0.25) is 0 Å². The van der Waals surface area contributed by atoms with E-state index in [2.05, 4.69) is 37.5 Å². The molecule has 0 radical (unpaired) electrons. The SMILES string of the molecule is CC(C)CN1CCC2(CCN(C(C)C)CC2)C1. The lowest BCUT2D eigenvalue weighted by molar-refractivity contribution is 0.0858. The molecule has 2 saturated heterocycles. The maximum absolute atomic E-state index is 2.70. The molecule has 0 aliphatic carbocycles. The minimum Gasteiger partial charge on any atom is -0.303 e. The third-order valence-corrected chi connectivity index (χ3v) is 4.73. The van der Waals surface area contributed by atoms with Crippen molar-refractivity contribution < 1.29 is 0 Å². The zero-order valence-electron chi connectivity index (χ0n) is 12.2. The van der Waals surface area contributed by atoms with Crippen LogP contribution in [0.1, 0.15) is 47.0 Å². The highest BCUT2D eigenvalue weighted by molar-refractivity contribution is 4.94. The first-order valence-corrected chi connectivity index (χ1v) is 7.47. The van der Waals surface area contributed by atoms with E-state index < -0.39 is 0 Å². The number of hydrogen-bond donors (Lipinski definition) is 0. The Balaban J connectivity index is 1.83. The van der Waals surface area contributed by atoms with Crippen LogP contribution >= 0.6 is 0 Å². The lowest BCUT2D eigenvalue weighted by atomic mass is 9.77. The Bertz CT molecular complexity index is 239. The molecule has 0 amide bonds. The highest BCUT2D eigenvalue weighted by atomic mass is 15.2. The van der Waals surface area contributed by atoms with Gasteiger partial charge in [-0.1, -0.05) is 13.8 Å². The second kappa shape index (κ2) is 5.27. The number of nitrogens with zero attached hydrogens (tertiary/aromatic N) is 2. The van der Waals surface area contributed by atoms with Crippen LogP contribution in [0, 0.1) is 11.3 Å². The van der Waals surface area contributed by atoms with E-state index in [9.17, 15) is 0 Å². The van der Waals surface area contributed by atoms with Gasteiger partial charge in [-0.2, -0.15) is 0 Å². The van der Waals surface area contributed by atoms with Crippen LogP contribution in [0.3, 0.4) is 0 Å². The van der Waals surface area contributed by atoms with E-state index >= 15 is 0 Å². The zero-order chi connectivity index (χ0) is 12.5. The Morgan fingerprint density at radius 2 is 1.53 bits per heavy atom. The molecule has 0 aromatic rings. The van der Waals surface area contributed by atoms with E-state index in [4.69, 9.17) is 0 Å².